The number of rotatable bonds is 4. The number of ether oxygens (including phenoxy) is 1. The molecule has 1 unspecified atom stereocenters. The van der Waals surface area contributed by atoms with E-state index in [1.807, 2.05) is 0 Å². The van der Waals surface area contributed by atoms with Crippen LogP contribution in [0.4, 0.5) is 4.39 Å². The van der Waals surface area contributed by atoms with E-state index in [1.54, 1.807) is 43.3 Å². The van der Waals surface area contributed by atoms with Gasteiger partial charge in [0.05, 0.1) is 12.7 Å². The quantitative estimate of drug-likeness (QED) is 0.925. The van der Waals surface area contributed by atoms with Gasteiger partial charge in [-0.15, -0.1) is 0 Å². The minimum absolute atomic E-state index is 0.191. The van der Waals surface area contributed by atoms with Gasteiger partial charge in [0.25, 0.3) is 0 Å². The molecule has 0 aliphatic heterocycles. The highest BCUT2D eigenvalue weighted by Gasteiger charge is 2.24. The van der Waals surface area contributed by atoms with Crippen molar-refractivity contribution in [2.75, 3.05) is 7.11 Å². The molecular weight excluding hydrogens is 279 g/mol. The molecule has 0 radical (unpaired) electrons. The summed E-state index contributed by atoms with van der Waals surface area (Å²) in [5.74, 6) is -0.247. The molecule has 0 fully saturated rings. The van der Waals surface area contributed by atoms with Crippen molar-refractivity contribution in [3.63, 3.8) is 0 Å². The van der Waals surface area contributed by atoms with E-state index in [4.69, 9.17) is 16.3 Å². The summed E-state index contributed by atoms with van der Waals surface area (Å²) in [6.45, 7) is 1.68. The lowest BCUT2D eigenvalue weighted by Crippen LogP contribution is -2.24. The van der Waals surface area contributed by atoms with Crippen molar-refractivity contribution >= 4 is 11.6 Å². The molecule has 0 aliphatic rings. The molecule has 1 N–H and O–H groups in total. The van der Waals surface area contributed by atoms with E-state index in [9.17, 15) is 9.50 Å². The third-order valence-electron chi connectivity index (χ3n) is 3.21. The Morgan fingerprint density at radius 3 is 2.60 bits per heavy atom. The summed E-state index contributed by atoms with van der Waals surface area (Å²) in [4.78, 5) is 0. The fourth-order valence-electron chi connectivity index (χ4n) is 2.14. The Labute approximate surface area is 122 Å². The number of benzene rings is 2. The molecule has 0 amide bonds. The molecule has 0 bridgehead atoms. The van der Waals surface area contributed by atoms with E-state index >= 15 is 0 Å². The average Bonchev–Trinajstić information content (AvgIpc) is 2.38. The van der Waals surface area contributed by atoms with Gasteiger partial charge < -0.3 is 9.84 Å². The third kappa shape index (κ3) is 3.30. The Morgan fingerprint density at radius 1 is 1.25 bits per heavy atom. The summed E-state index contributed by atoms with van der Waals surface area (Å²) < 4.78 is 18.5. The van der Waals surface area contributed by atoms with E-state index in [0.29, 0.717) is 16.1 Å². The van der Waals surface area contributed by atoms with Crippen molar-refractivity contribution in [2.24, 2.45) is 0 Å². The van der Waals surface area contributed by atoms with Gasteiger partial charge in [-0.1, -0.05) is 29.8 Å². The van der Waals surface area contributed by atoms with Crippen LogP contribution in [0.1, 0.15) is 18.1 Å². The Kier molecular flexibility index (Phi) is 4.31. The van der Waals surface area contributed by atoms with Crippen LogP contribution in [0, 0.1) is 5.82 Å². The molecule has 106 valence electrons. The minimum Gasteiger partial charge on any atom is -0.494 e. The Balaban J connectivity index is 2.26. The largest absolute Gasteiger partial charge is 0.494 e. The number of aliphatic hydroxyl groups is 1. The molecule has 0 saturated heterocycles. The molecule has 2 aromatic carbocycles. The summed E-state index contributed by atoms with van der Waals surface area (Å²) in [7, 11) is 1.42. The van der Waals surface area contributed by atoms with Gasteiger partial charge in [-0.2, -0.15) is 0 Å². The molecular formula is C16H16ClFO2. The van der Waals surface area contributed by atoms with Crippen LogP contribution in [0.3, 0.4) is 0 Å². The van der Waals surface area contributed by atoms with Gasteiger partial charge in [-0.3, -0.25) is 0 Å². The van der Waals surface area contributed by atoms with Gasteiger partial charge in [0.1, 0.15) is 0 Å². The topological polar surface area (TPSA) is 29.5 Å². The molecule has 2 rings (SSSR count). The lowest BCUT2D eigenvalue weighted by molar-refractivity contribution is 0.0575. The minimum atomic E-state index is -1.12. The van der Waals surface area contributed by atoms with Gasteiger partial charge in [0.2, 0.25) is 0 Å². The fourth-order valence-corrected chi connectivity index (χ4v) is 2.33. The molecule has 2 aromatic rings. The zero-order valence-corrected chi connectivity index (χ0v) is 12.1. The predicted molar refractivity (Wildman–Crippen MR) is 77.7 cm³/mol. The molecule has 0 spiro atoms. The number of halogens is 2. The van der Waals surface area contributed by atoms with Crippen molar-refractivity contribution < 1.29 is 14.2 Å². The van der Waals surface area contributed by atoms with Gasteiger partial charge in [0.15, 0.2) is 11.6 Å². The Hall–Kier alpha value is -1.58. The van der Waals surface area contributed by atoms with Crippen LogP contribution in [-0.4, -0.2) is 12.2 Å². The van der Waals surface area contributed by atoms with Crippen molar-refractivity contribution in [3.05, 3.63) is 64.4 Å². The van der Waals surface area contributed by atoms with E-state index in [1.165, 1.54) is 13.2 Å². The maximum Gasteiger partial charge on any atom is 0.165 e. The second kappa shape index (κ2) is 5.81. The molecule has 20 heavy (non-hydrogen) atoms. The first-order valence-electron chi connectivity index (χ1n) is 6.23. The molecule has 1 atom stereocenters. The van der Waals surface area contributed by atoms with E-state index in [2.05, 4.69) is 0 Å². The highest BCUT2D eigenvalue weighted by molar-refractivity contribution is 6.30. The summed E-state index contributed by atoms with van der Waals surface area (Å²) in [5.41, 5.74) is 0.265. The van der Waals surface area contributed by atoms with Gasteiger partial charge >= 0.3 is 0 Å². The maximum atomic E-state index is 13.7. The van der Waals surface area contributed by atoms with Gasteiger partial charge in [-0.25, -0.2) is 4.39 Å². The van der Waals surface area contributed by atoms with Crippen molar-refractivity contribution in [3.8, 4) is 5.75 Å². The lowest BCUT2D eigenvalue weighted by atomic mass is 9.89. The monoisotopic (exact) mass is 294 g/mol. The Bertz CT molecular complexity index is 611. The number of hydrogen-bond acceptors (Lipinski definition) is 2. The third-order valence-corrected chi connectivity index (χ3v) is 3.45. The Morgan fingerprint density at radius 2 is 2.00 bits per heavy atom. The zero-order valence-electron chi connectivity index (χ0n) is 11.4. The van der Waals surface area contributed by atoms with Crippen LogP contribution in [0.15, 0.2) is 42.5 Å². The second-order valence-corrected chi connectivity index (χ2v) is 5.37. The van der Waals surface area contributed by atoms with Gasteiger partial charge in [-0.05, 0) is 42.3 Å². The summed E-state index contributed by atoms with van der Waals surface area (Å²) in [5, 5.41) is 11.1. The van der Waals surface area contributed by atoms with Crippen molar-refractivity contribution in [2.45, 2.75) is 18.9 Å². The van der Waals surface area contributed by atoms with Crippen LogP contribution >= 0.6 is 11.6 Å². The van der Waals surface area contributed by atoms with Crippen LogP contribution in [0.5, 0.6) is 5.75 Å². The van der Waals surface area contributed by atoms with Crippen LogP contribution < -0.4 is 4.74 Å². The second-order valence-electron chi connectivity index (χ2n) is 4.93. The zero-order chi connectivity index (χ0) is 14.8. The SMILES string of the molecule is COc1ccc(CC(C)(O)c2cccc(Cl)c2)cc1F. The highest BCUT2D eigenvalue weighted by atomic mass is 35.5. The van der Waals surface area contributed by atoms with Crippen LogP contribution in [0.2, 0.25) is 5.02 Å². The molecule has 2 nitrogen and oxygen atoms in total. The normalized spacial score (nSPS) is 13.8. The summed E-state index contributed by atoms with van der Waals surface area (Å²) >= 11 is 5.93. The van der Waals surface area contributed by atoms with E-state index in [-0.39, 0.29) is 12.2 Å². The summed E-state index contributed by atoms with van der Waals surface area (Å²) in [6.07, 6.45) is 0.286. The van der Waals surface area contributed by atoms with E-state index in [0.717, 1.165) is 0 Å². The van der Waals surface area contributed by atoms with Crippen LogP contribution in [0.25, 0.3) is 0 Å². The standard InChI is InChI=1S/C16H16ClFO2/c1-16(19,12-4-3-5-13(17)9-12)10-11-6-7-15(20-2)14(18)8-11/h3-9,19H,10H2,1-2H3. The number of hydrogen-bond donors (Lipinski definition) is 1. The molecule has 0 heterocycles. The average molecular weight is 295 g/mol. The van der Waals surface area contributed by atoms with Crippen molar-refractivity contribution in [1.82, 2.24) is 0 Å². The van der Waals surface area contributed by atoms with E-state index < -0.39 is 11.4 Å². The summed E-state index contributed by atoms with van der Waals surface area (Å²) in [6, 6.07) is 11.7. The predicted octanol–water partition coefficient (Wildman–Crippen LogP) is 3.94. The first-order chi connectivity index (χ1) is 9.42. The van der Waals surface area contributed by atoms with Crippen molar-refractivity contribution in [1.29, 1.82) is 0 Å². The van der Waals surface area contributed by atoms with Gasteiger partial charge in [0, 0.05) is 11.4 Å². The fraction of sp³-hybridized carbons (Fsp3) is 0.250. The molecule has 0 aromatic heterocycles. The lowest BCUT2D eigenvalue weighted by Gasteiger charge is -2.24. The number of methoxy groups -OCH3 is 1. The first kappa shape index (κ1) is 14.8. The molecule has 0 saturated carbocycles. The first-order valence-corrected chi connectivity index (χ1v) is 6.61. The molecule has 0 aliphatic carbocycles. The molecule has 4 heteroatoms. The maximum absolute atomic E-state index is 13.7. The highest BCUT2D eigenvalue weighted by Crippen LogP contribution is 2.28. The smallest absolute Gasteiger partial charge is 0.165 e. The van der Waals surface area contributed by atoms with Crippen LogP contribution in [-0.2, 0) is 12.0 Å².